The molecule has 0 aliphatic heterocycles. The van der Waals surface area contributed by atoms with Gasteiger partial charge in [-0.1, -0.05) is 11.6 Å². The van der Waals surface area contributed by atoms with E-state index in [1.54, 1.807) is 0 Å². The molecule has 84 valence electrons. The largest absolute Gasteiger partial charge is 0.414 e. The Hall–Kier alpha value is -0.880. The van der Waals surface area contributed by atoms with Crippen LogP contribution in [-0.2, 0) is 11.3 Å². The van der Waals surface area contributed by atoms with Crippen LogP contribution in [0.3, 0.4) is 0 Å². The van der Waals surface area contributed by atoms with Gasteiger partial charge in [-0.15, -0.1) is 0 Å². The number of hydrogen-bond donors (Lipinski definition) is 0. The molecule has 1 aromatic rings. The van der Waals surface area contributed by atoms with Crippen molar-refractivity contribution in [2.24, 2.45) is 0 Å². The molecule has 0 aliphatic rings. The lowest BCUT2D eigenvalue weighted by Crippen LogP contribution is -2.28. The second-order valence-electron chi connectivity index (χ2n) is 2.83. The summed E-state index contributed by atoms with van der Waals surface area (Å²) in [6.07, 6.45) is -3.67. The van der Waals surface area contributed by atoms with Gasteiger partial charge in [0.1, 0.15) is 5.15 Å². The first-order valence-electron chi connectivity index (χ1n) is 4.04. The molecule has 0 saturated carbocycles. The Morgan fingerprint density at radius 3 is 2.53 bits per heavy atom. The van der Waals surface area contributed by atoms with Crippen LogP contribution >= 0.6 is 11.6 Å². The molecule has 0 bridgehead atoms. The van der Waals surface area contributed by atoms with Gasteiger partial charge in [0, 0.05) is 0 Å². The van der Waals surface area contributed by atoms with Crippen molar-refractivity contribution in [1.82, 2.24) is 9.97 Å². The van der Waals surface area contributed by atoms with Gasteiger partial charge >= 0.3 is 6.18 Å². The molecule has 1 atom stereocenters. The molecule has 0 N–H and O–H groups in total. The molecular formula is C8H8ClF3N2O. The van der Waals surface area contributed by atoms with Gasteiger partial charge in [0.2, 0.25) is 0 Å². The summed E-state index contributed by atoms with van der Waals surface area (Å²) in [5, 5.41) is 0.183. The maximum atomic E-state index is 12.0. The zero-order valence-electron chi connectivity index (χ0n) is 7.75. The smallest absolute Gasteiger partial charge is 0.363 e. The Bertz CT molecular complexity index is 315. The van der Waals surface area contributed by atoms with E-state index in [4.69, 9.17) is 11.6 Å². The topological polar surface area (TPSA) is 35.0 Å². The first-order valence-corrected chi connectivity index (χ1v) is 4.42. The normalized spacial score (nSPS) is 13.9. The van der Waals surface area contributed by atoms with Crippen molar-refractivity contribution in [2.45, 2.75) is 25.8 Å². The van der Waals surface area contributed by atoms with Crippen molar-refractivity contribution in [1.29, 1.82) is 0 Å². The minimum Gasteiger partial charge on any atom is -0.363 e. The standard InChI is InChI=1S/C8H8ClF3N2O/c1-5(8(10,11)12)15-4-6-2-14-7(9)3-13-6/h2-3,5H,4H2,1H3. The maximum absolute atomic E-state index is 12.0. The molecule has 0 aromatic carbocycles. The molecule has 0 fully saturated rings. The van der Waals surface area contributed by atoms with Gasteiger partial charge in [-0.05, 0) is 6.92 Å². The summed E-state index contributed by atoms with van der Waals surface area (Å²) in [4.78, 5) is 7.41. The molecule has 0 spiro atoms. The van der Waals surface area contributed by atoms with E-state index in [-0.39, 0.29) is 11.8 Å². The Morgan fingerprint density at radius 1 is 1.40 bits per heavy atom. The second-order valence-corrected chi connectivity index (χ2v) is 3.21. The molecule has 3 nitrogen and oxygen atoms in total. The highest BCUT2D eigenvalue weighted by molar-refractivity contribution is 6.29. The van der Waals surface area contributed by atoms with Crippen molar-refractivity contribution in [2.75, 3.05) is 0 Å². The Morgan fingerprint density at radius 2 is 2.07 bits per heavy atom. The predicted octanol–water partition coefficient (Wildman–Crippen LogP) is 2.60. The molecule has 7 heteroatoms. The summed E-state index contributed by atoms with van der Waals surface area (Å²) in [5.41, 5.74) is 0.301. The van der Waals surface area contributed by atoms with Gasteiger partial charge in [-0.2, -0.15) is 13.2 Å². The molecule has 0 amide bonds. The molecule has 15 heavy (non-hydrogen) atoms. The van der Waals surface area contributed by atoms with E-state index in [1.807, 2.05) is 0 Å². The molecular weight excluding hydrogens is 233 g/mol. The summed E-state index contributed by atoms with van der Waals surface area (Å²) in [5.74, 6) is 0. The number of rotatable bonds is 3. The maximum Gasteiger partial charge on any atom is 0.414 e. The van der Waals surface area contributed by atoms with Gasteiger partial charge in [0.05, 0.1) is 24.7 Å². The minimum absolute atomic E-state index is 0.183. The number of aromatic nitrogens is 2. The molecule has 1 unspecified atom stereocenters. The highest BCUT2D eigenvalue weighted by Gasteiger charge is 2.36. The molecule has 1 heterocycles. The third kappa shape index (κ3) is 4.01. The van der Waals surface area contributed by atoms with Crippen molar-refractivity contribution in [3.05, 3.63) is 23.2 Å². The van der Waals surface area contributed by atoms with Gasteiger partial charge in [0.25, 0.3) is 0 Å². The zero-order chi connectivity index (χ0) is 11.5. The van der Waals surface area contributed by atoms with Crippen molar-refractivity contribution < 1.29 is 17.9 Å². The van der Waals surface area contributed by atoms with Crippen LogP contribution in [0.1, 0.15) is 12.6 Å². The quantitative estimate of drug-likeness (QED) is 0.815. The molecule has 1 rings (SSSR count). The first-order chi connectivity index (χ1) is 6.89. The number of ether oxygens (including phenoxy) is 1. The Kier molecular flexibility index (Phi) is 3.87. The van der Waals surface area contributed by atoms with Crippen LogP contribution < -0.4 is 0 Å². The van der Waals surface area contributed by atoms with E-state index in [0.717, 1.165) is 6.92 Å². The highest BCUT2D eigenvalue weighted by Crippen LogP contribution is 2.22. The highest BCUT2D eigenvalue weighted by atomic mass is 35.5. The van der Waals surface area contributed by atoms with E-state index in [2.05, 4.69) is 14.7 Å². The number of hydrogen-bond acceptors (Lipinski definition) is 3. The van der Waals surface area contributed by atoms with Crippen LogP contribution in [0.15, 0.2) is 12.4 Å². The fourth-order valence-corrected chi connectivity index (χ4v) is 0.816. The second kappa shape index (κ2) is 4.76. The van der Waals surface area contributed by atoms with E-state index in [0.29, 0.717) is 5.69 Å². The fourth-order valence-electron chi connectivity index (χ4n) is 0.718. The molecule has 0 aliphatic carbocycles. The predicted molar refractivity (Wildman–Crippen MR) is 47.3 cm³/mol. The summed E-state index contributed by atoms with van der Waals surface area (Å²) in [6, 6.07) is 0. The van der Waals surface area contributed by atoms with Gasteiger partial charge in [-0.3, -0.25) is 4.98 Å². The Labute approximate surface area is 89.2 Å². The minimum atomic E-state index is -4.36. The van der Waals surface area contributed by atoms with Crippen LogP contribution in [0.4, 0.5) is 13.2 Å². The SMILES string of the molecule is CC(OCc1cnc(Cl)cn1)C(F)(F)F. The average molecular weight is 241 g/mol. The van der Waals surface area contributed by atoms with E-state index >= 15 is 0 Å². The first kappa shape index (κ1) is 12.2. The molecule has 0 radical (unpaired) electrons. The van der Waals surface area contributed by atoms with Gasteiger partial charge in [-0.25, -0.2) is 4.98 Å². The van der Waals surface area contributed by atoms with Gasteiger partial charge < -0.3 is 4.74 Å². The lowest BCUT2D eigenvalue weighted by atomic mass is 10.4. The third-order valence-corrected chi connectivity index (χ3v) is 1.81. The molecule has 0 saturated heterocycles. The van der Waals surface area contributed by atoms with Crippen molar-refractivity contribution in [3.63, 3.8) is 0 Å². The summed E-state index contributed by atoms with van der Waals surface area (Å²) >= 11 is 5.45. The summed E-state index contributed by atoms with van der Waals surface area (Å²) < 4.78 is 40.7. The third-order valence-electron chi connectivity index (χ3n) is 1.62. The number of alkyl halides is 3. The van der Waals surface area contributed by atoms with E-state index < -0.39 is 12.3 Å². The van der Waals surface area contributed by atoms with Gasteiger partial charge in [0.15, 0.2) is 6.10 Å². The molecule has 1 aromatic heterocycles. The van der Waals surface area contributed by atoms with Crippen molar-refractivity contribution >= 4 is 11.6 Å². The van der Waals surface area contributed by atoms with E-state index in [1.165, 1.54) is 12.4 Å². The summed E-state index contributed by atoms with van der Waals surface area (Å²) in [7, 11) is 0. The van der Waals surface area contributed by atoms with Crippen LogP contribution in [0.5, 0.6) is 0 Å². The summed E-state index contributed by atoms with van der Waals surface area (Å²) in [6.45, 7) is 0.689. The lowest BCUT2D eigenvalue weighted by Gasteiger charge is -2.15. The zero-order valence-corrected chi connectivity index (χ0v) is 8.51. The fraction of sp³-hybridized carbons (Fsp3) is 0.500. The lowest BCUT2D eigenvalue weighted by molar-refractivity contribution is -0.217. The van der Waals surface area contributed by atoms with Crippen LogP contribution in [0.2, 0.25) is 5.15 Å². The average Bonchev–Trinajstić information content (AvgIpc) is 2.15. The van der Waals surface area contributed by atoms with E-state index in [9.17, 15) is 13.2 Å². The van der Waals surface area contributed by atoms with Crippen LogP contribution in [0, 0.1) is 0 Å². The van der Waals surface area contributed by atoms with Crippen LogP contribution in [-0.4, -0.2) is 22.2 Å². The Balaban J connectivity index is 2.47. The van der Waals surface area contributed by atoms with Crippen molar-refractivity contribution in [3.8, 4) is 0 Å². The number of nitrogens with zero attached hydrogens (tertiary/aromatic N) is 2. The number of halogens is 4. The monoisotopic (exact) mass is 240 g/mol. The van der Waals surface area contributed by atoms with Crippen LogP contribution in [0.25, 0.3) is 0 Å².